The molecule has 0 bridgehead atoms. The summed E-state index contributed by atoms with van der Waals surface area (Å²) in [5.41, 5.74) is 2.80. The second-order valence-corrected chi connectivity index (χ2v) is 5.89. The quantitative estimate of drug-likeness (QED) is 0.506. The minimum Gasteiger partial charge on any atom is -0.456 e. The Labute approximate surface area is 155 Å². The molecule has 0 fully saturated rings. The Morgan fingerprint density at radius 2 is 1.85 bits per heavy atom. The molecule has 0 saturated heterocycles. The number of aromatic nitrogens is 4. The molecule has 0 unspecified atom stereocenters. The fourth-order valence-electron chi connectivity index (χ4n) is 2.55. The van der Waals surface area contributed by atoms with Gasteiger partial charge in [0.1, 0.15) is 12.3 Å². The van der Waals surface area contributed by atoms with Crippen LogP contribution in [-0.2, 0) is 11.3 Å². The highest BCUT2D eigenvalue weighted by molar-refractivity contribution is 5.89. The molecule has 0 amide bonds. The number of para-hydroxylation sites is 1. The van der Waals surface area contributed by atoms with E-state index in [1.807, 2.05) is 42.6 Å². The maximum atomic E-state index is 12.2. The highest BCUT2D eigenvalue weighted by atomic mass is 16.5. The van der Waals surface area contributed by atoms with Crippen molar-refractivity contribution in [2.24, 2.45) is 0 Å². The lowest BCUT2D eigenvalue weighted by molar-refractivity contribution is 0.0467. The van der Waals surface area contributed by atoms with Crippen LogP contribution in [0, 0.1) is 6.92 Å². The van der Waals surface area contributed by atoms with Gasteiger partial charge in [-0.1, -0.05) is 23.4 Å². The summed E-state index contributed by atoms with van der Waals surface area (Å²) in [7, 11) is 0. The monoisotopic (exact) mass is 360 g/mol. The predicted octanol–water partition coefficient (Wildman–Crippen LogP) is 3.59. The van der Waals surface area contributed by atoms with E-state index in [1.165, 1.54) is 0 Å². The molecule has 0 atom stereocenters. The van der Waals surface area contributed by atoms with Crippen LogP contribution in [0.4, 0.5) is 0 Å². The first kappa shape index (κ1) is 16.7. The summed E-state index contributed by atoms with van der Waals surface area (Å²) < 4.78 is 12.2. The molecular weight excluding hydrogens is 344 g/mol. The molecule has 0 N–H and O–H groups in total. The average molecular weight is 360 g/mol. The summed E-state index contributed by atoms with van der Waals surface area (Å²) >= 11 is 0. The molecule has 2 aromatic heterocycles. The van der Waals surface area contributed by atoms with Gasteiger partial charge in [-0.05, 0) is 49.4 Å². The van der Waals surface area contributed by atoms with Crippen LogP contribution in [0.1, 0.15) is 21.9 Å². The van der Waals surface area contributed by atoms with Gasteiger partial charge in [0, 0.05) is 11.8 Å². The summed E-state index contributed by atoms with van der Waals surface area (Å²) in [6, 6.07) is 18.4. The van der Waals surface area contributed by atoms with Crippen LogP contribution in [0.3, 0.4) is 0 Å². The lowest BCUT2D eigenvalue weighted by atomic mass is 10.1. The zero-order chi connectivity index (χ0) is 18.6. The lowest BCUT2D eigenvalue weighted by Crippen LogP contribution is -2.06. The Kier molecular flexibility index (Phi) is 4.49. The summed E-state index contributed by atoms with van der Waals surface area (Å²) in [5, 5.41) is 8.16. The van der Waals surface area contributed by atoms with Crippen LogP contribution < -0.4 is 0 Å². The van der Waals surface area contributed by atoms with Gasteiger partial charge >= 0.3 is 5.97 Å². The van der Waals surface area contributed by atoms with E-state index in [-0.39, 0.29) is 6.61 Å². The van der Waals surface area contributed by atoms with Gasteiger partial charge in [0.25, 0.3) is 5.89 Å². The molecule has 4 rings (SSSR count). The predicted molar refractivity (Wildman–Crippen MR) is 97.2 cm³/mol. The Balaban J connectivity index is 1.39. The SMILES string of the molecule is Cc1noc(-c2ccc(C(=O)OCc3ccn(-c4ccccc4)n3)cc2)n1. The van der Waals surface area contributed by atoms with Crippen LogP contribution in [0.15, 0.2) is 71.4 Å². The Morgan fingerprint density at radius 1 is 1.07 bits per heavy atom. The molecule has 0 spiro atoms. The van der Waals surface area contributed by atoms with Crippen LogP contribution >= 0.6 is 0 Å². The van der Waals surface area contributed by atoms with Crippen LogP contribution in [0.5, 0.6) is 0 Å². The number of nitrogens with zero attached hydrogens (tertiary/aromatic N) is 4. The van der Waals surface area contributed by atoms with Crippen molar-refractivity contribution < 1.29 is 14.1 Å². The molecule has 7 heteroatoms. The first-order valence-corrected chi connectivity index (χ1v) is 8.37. The molecule has 7 nitrogen and oxygen atoms in total. The van der Waals surface area contributed by atoms with Gasteiger partial charge < -0.3 is 9.26 Å². The van der Waals surface area contributed by atoms with Crippen LogP contribution in [-0.4, -0.2) is 25.9 Å². The van der Waals surface area contributed by atoms with E-state index < -0.39 is 5.97 Å². The van der Waals surface area contributed by atoms with Crippen molar-refractivity contribution in [3.63, 3.8) is 0 Å². The van der Waals surface area contributed by atoms with Crippen molar-refractivity contribution in [1.82, 2.24) is 19.9 Å². The second kappa shape index (κ2) is 7.25. The van der Waals surface area contributed by atoms with Crippen molar-refractivity contribution in [3.05, 3.63) is 83.9 Å². The zero-order valence-electron chi connectivity index (χ0n) is 14.6. The van der Waals surface area contributed by atoms with Gasteiger partial charge in [-0.25, -0.2) is 9.48 Å². The van der Waals surface area contributed by atoms with Gasteiger partial charge in [-0.3, -0.25) is 0 Å². The molecular formula is C20H16N4O3. The minimum absolute atomic E-state index is 0.100. The Bertz CT molecular complexity index is 1050. The maximum Gasteiger partial charge on any atom is 0.338 e. The third-order valence-corrected chi connectivity index (χ3v) is 3.91. The molecule has 134 valence electrons. The fourth-order valence-corrected chi connectivity index (χ4v) is 2.55. The lowest BCUT2D eigenvalue weighted by Gasteiger charge is -2.04. The molecule has 27 heavy (non-hydrogen) atoms. The number of hydrogen-bond donors (Lipinski definition) is 0. The van der Waals surface area contributed by atoms with Crippen molar-refractivity contribution in [1.29, 1.82) is 0 Å². The van der Waals surface area contributed by atoms with Crippen molar-refractivity contribution in [2.45, 2.75) is 13.5 Å². The second-order valence-electron chi connectivity index (χ2n) is 5.89. The molecule has 0 radical (unpaired) electrons. The number of benzene rings is 2. The molecule has 0 aliphatic carbocycles. The molecule has 0 aliphatic rings. The molecule has 4 aromatic rings. The van der Waals surface area contributed by atoms with Gasteiger partial charge in [0.2, 0.25) is 0 Å². The van der Waals surface area contributed by atoms with E-state index in [4.69, 9.17) is 9.26 Å². The van der Waals surface area contributed by atoms with Crippen LogP contribution in [0.2, 0.25) is 0 Å². The van der Waals surface area contributed by atoms with Gasteiger partial charge in [-0.2, -0.15) is 10.1 Å². The molecule has 2 aromatic carbocycles. The Hall–Kier alpha value is -3.74. The number of carbonyl (C=O) groups is 1. The average Bonchev–Trinajstić information content (AvgIpc) is 3.36. The number of esters is 1. The molecule has 0 aliphatic heterocycles. The smallest absolute Gasteiger partial charge is 0.338 e. The third-order valence-electron chi connectivity index (χ3n) is 3.91. The molecule has 2 heterocycles. The number of ether oxygens (including phenoxy) is 1. The van der Waals surface area contributed by atoms with Crippen molar-refractivity contribution in [2.75, 3.05) is 0 Å². The normalized spacial score (nSPS) is 10.7. The van der Waals surface area contributed by atoms with E-state index in [2.05, 4.69) is 15.2 Å². The van der Waals surface area contributed by atoms with E-state index in [0.717, 1.165) is 11.3 Å². The topological polar surface area (TPSA) is 83.0 Å². The van der Waals surface area contributed by atoms with Gasteiger partial charge in [0.15, 0.2) is 5.82 Å². The summed E-state index contributed by atoms with van der Waals surface area (Å²) in [5.74, 6) is 0.555. The minimum atomic E-state index is -0.419. The van der Waals surface area contributed by atoms with E-state index in [1.54, 1.807) is 35.9 Å². The van der Waals surface area contributed by atoms with Crippen molar-refractivity contribution in [3.8, 4) is 17.1 Å². The summed E-state index contributed by atoms with van der Waals surface area (Å²) in [6.45, 7) is 1.85. The maximum absolute atomic E-state index is 12.2. The van der Waals surface area contributed by atoms with E-state index >= 15 is 0 Å². The van der Waals surface area contributed by atoms with E-state index in [9.17, 15) is 4.79 Å². The van der Waals surface area contributed by atoms with E-state index in [0.29, 0.717) is 23.0 Å². The van der Waals surface area contributed by atoms with Crippen molar-refractivity contribution >= 4 is 5.97 Å². The van der Waals surface area contributed by atoms with Crippen LogP contribution in [0.25, 0.3) is 17.1 Å². The van der Waals surface area contributed by atoms with Gasteiger partial charge in [0.05, 0.1) is 11.3 Å². The molecule has 0 saturated carbocycles. The Morgan fingerprint density at radius 3 is 2.56 bits per heavy atom. The largest absolute Gasteiger partial charge is 0.456 e. The fraction of sp³-hybridized carbons (Fsp3) is 0.100. The highest BCUT2D eigenvalue weighted by Gasteiger charge is 2.11. The standard InChI is InChI=1S/C20H16N4O3/c1-14-21-19(27-23-14)15-7-9-16(10-8-15)20(25)26-13-17-11-12-24(22-17)18-5-3-2-4-6-18/h2-12H,13H2,1H3. The summed E-state index contributed by atoms with van der Waals surface area (Å²) in [4.78, 5) is 16.4. The number of carbonyl (C=O) groups excluding carboxylic acids is 1. The summed E-state index contributed by atoms with van der Waals surface area (Å²) in [6.07, 6.45) is 1.83. The first-order chi connectivity index (χ1) is 13.2. The number of rotatable bonds is 5. The zero-order valence-corrected chi connectivity index (χ0v) is 14.6. The third kappa shape index (κ3) is 3.77. The first-order valence-electron chi connectivity index (χ1n) is 8.37. The number of hydrogen-bond acceptors (Lipinski definition) is 6. The van der Waals surface area contributed by atoms with Gasteiger partial charge in [-0.15, -0.1) is 0 Å². The highest BCUT2D eigenvalue weighted by Crippen LogP contribution is 2.18. The number of aryl methyl sites for hydroxylation is 1.